The smallest absolute Gasteiger partial charge is 0.223 e. The second kappa shape index (κ2) is 6.65. The van der Waals surface area contributed by atoms with Crippen molar-refractivity contribution in [2.45, 2.75) is 25.7 Å². The highest BCUT2D eigenvalue weighted by Crippen LogP contribution is 2.25. The van der Waals surface area contributed by atoms with Gasteiger partial charge in [0, 0.05) is 12.5 Å². The van der Waals surface area contributed by atoms with E-state index >= 15 is 0 Å². The molecule has 0 bridgehead atoms. The number of aromatic hydroxyl groups is 1. The third-order valence-corrected chi connectivity index (χ3v) is 4.37. The Balaban J connectivity index is 1.50. The van der Waals surface area contributed by atoms with Gasteiger partial charge in [0.25, 0.3) is 0 Å². The molecule has 3 heteroatoms. The van der Waals surface area contributed by atoms with Gasteiger partial charge in [-0.25, -0.2) is 0 Å². The maximum atomic E-state index is 12.3. The summed E-state index contributed by atoms with van der Waals surface area (Å²) in [6, 6.07) is 15.5. The molecule has 114 valence electrons. The molecule has 1 amide bonds. The number of nitrogens with one attached hydrogen (secondary N) is 1. The van der Waals surface area contributed by atoms with Crippen LogP contribution >= 0.6 is 0 Å². The Morgan fingerprint density at radius 3 is 2.59 bits per heavy atom. The molecule has 0 aromatic heterocycles. The fourth-order valence-corrected chi connectivity index (χ4v) is 3.06. The molecule has 0 radical (unpaired) electrons. The summed E-state index contributed by atoms with van der Waals surface area (Å²) in [5.74, 6) is 0.525. The minimum Gasteiger partial charge on any atom is -0.508 e. The summed E-state index contributed by atoms with van der Waals surface area (Å²) in [4.78, 5) is 12.3. The molecule has 0 fully saturated rings. The molecule has 0 aliphatic heterocycles. The number of hydrogen-bond acceptors (Lipinski definition) is 2. The van der Waals surface area contributed by atoms with E-state index in [0.717, 1.165) is 31.2 Å². The van der Waals surface area contributed by atoms with Crippen molar-refractivity contribution in [3.63, 3.8) is 0 Å². The van der Waals surface area contributed by atoms with Crippen molar-refractivity contribution in [2.24, 2.45) is 5.92 Å². The summed E-state index contributed by atoms with van der Waals surface area (Å²) in [7, 11) is 0. The minimum atomic E-state index is 0.0923. The summed E-state index contributed by atoms with van der Waals surface area (Å²) in [5, 5.41) is 12.3. The molecule has 2 aromatic rings. The Morgan fingerprint density at radius 1 is 1.09 bits per heavy atom. The molecule has 2 N–H and O–H groups in total. The third-order valence-electron chi connectivity index (χ3n) is 4.37. The maximum Gasteiger partial charge on any atom is 0.223 e. The van der Waals surface area contributed by atoms with Crippen LogP contribution in [-0.4, -0.2) is 17.6 Å². The zero-order chi connectivity index (χ0) is 15.4. The van der Waals surface area contributed by atoms with E-state index in [9.17, 15) is 9.90 Å². The van der Waals surface area contributed by atoms with E-state index in [2.05, 4.69) is 23.5 Å². The van der Waals surface area contributed by atoms with Gasteiger partial charge in [0.1, 0.15) is 5.75 Å². The number of rotatable bonds is 4. The number of fused-ring (bicyclic) bond motifs is 1. The van der Waals surface area contributed by atoms with E-state index in [1.165, 1.54) is 11.1 Å². The van der Waals surface area contributed by atoms with Gasteiger partial charge >= 0.3 is 0 Å². The monoisotopic (exact) mass is 295 g/mol. The van der Waals surface area contributed by atoms with Crippen molar-refractivity contribution in [1.29, 1.82) is 0 Å². The first-order valence-electron chi connectivity index (χ1n) is 7.85. The number of carbonyl (C=O) groups excluding carboxylic acids is 1. The SMILES string of the molecule is O=C(NCCc1ccc(O)cc1)C1CCc2ccccc2C1. The van der Waals surface area contributed by atoms with E-state index in [1.54, 1.807) is 12.1 Å². The van der Waals surface area contributed by atoms with Gasteiger partial charge in [-0.1, -0.05) is 36.4 Å². The van der Waals surface area contributed by atoms with Crippen LogP contribution in [0.2, 0.25) is 0 Å². The normalized spacial score (nSPS) is 16.8. The van der Waals surface area contributed by atoms with Gasteiger partial charge in [-0.05, 0) is 54.5 Å². The van der Waals surface area contributed by atoms with Gasteiger partial charge in [-0.15, -0.1) is 0 Å². The number of carbonyl (C=O) groups is 1. The second-order valence-electron chi connectivity index (χ2n) is 5.92. The molecule has 22 heavy (non-hydrogen) atoms. The standard InChI is InChI=1S/C19H21NO2/c21-18-9-5-14(6-10-18)11-12-20-19(22)17-8-7-15-3-1-2-4-16(15)13-17/h1-6,9-10,17,21H,7-8,11-13H2,(H,20,22). The first-order valence-corrected chi connectivity index (χ1v) is 7.85. The second-order valence-corrected chi connectivity index (χ2v) is 5.92. The molecule has 1 atom stereocenters. The van der Waals surface area contributed by atoms with Crippen LogP contribution < -0.4 is 5.32 Å². The summed E-state index contributed by atoms with van der Waals surface area (Å²) >= 11 is 0. The van der Waals surface area contributed by atoms with Crippen LogP contribution in [0.5, 0.6) is 5.75 Å². The fourth-order valence-electron chi connectivity index (χ4n) is 3.06. The molecule has 1 unspecified atom stereocenters. The lowest BCUT2D eigenvalue weighted by Gasteiger charge is -2.23. The minimum absolute atomic E-state index is 0.0923. The van der Waals surface area contributed by atoms with Gasteiger partial charge in [0.05, 0.1) is 0 Å². The Bertz CT molecular complexity index is 649. The Morgan fingerprint density at radius 2 is 1.82 bits per heavy atom. The number of phenols is 1. The molecule has 0 spiro atoms. The molecule has 1 aliphatic carbocycles. The van der Waals surface area contributed by atoms with Crippen molar-refractivity contribution in [3.8, 4) is 5.75 Å². The average molecular weight is 295 g/mol. The fraction of sp³-hybridized carbons (Fsp3) is 0.316. The predicted molar refractivity (Wildman–Crippen MR) is 86.8 cm³/mol. The van der Waals surface area contributed by atoms with Gasteiger partial charge in [0.2, 0.25) is 5.91 Å². The molecular formula is C19H21NO2. The molecular weight excluding hydrogens is 274 g/mol. The van der Waals surface area contributed by atoms with Crippen LogP contribution in [0.1, 0.15) is 23.1 Å². The van der Waals surface area contributed by atoms with Gasteiger partial charge < -0.3 is 10.4 Å². The van der Waals surface area contributed by atoms with Crippen LogP contribution in [0, 0.1) is 5.92 Å². The van der Waals surface area contributed by atoms with E-state index in [1.807, 2.05) is 18.2 Å². The molecule has 3 nitrogen and oxygen atoms in total. The van der Waals surface area contributed by atoms with E-state index < -0.39 is 0 Å². The molecule has 0 saturated carbocycles. The molecule has 3 rings (SSSR count). The zero-order valence-electron chi connectivity index (χ0n) is 12.6. The van der Waals surface area contributed by atoms with E-state index in [4.69, 9.17) is 0 Å². The number of hydrogen-bond donors (Lipinski definition) is 2. The average Bonchev–Trinajstić information content (AvgIpc) is 2.56. The van der Waals surface area contributed by atoms with E-state index in [0.29, 0.717) is 6.54 Å². The molecule has 2 aromatic carbocycles. The number of amides is 1. The summed E-state index contributed by atoms with van der Waals surface area (Å²) in [5.41, 5.74) is 3.81. The van der Waals surface area contributed by atoms with E-state index in [-0.39, 0.29) is 17.6 Å². The summed E-state index contributed by atoms with van der Waals surface area (Å²) in [6.07, 6.45) is 3.56. The Labute approximate surface area is 131 Å². The van der Waals surface area contributed by atoms with Crippen molar-refractivity contribution in [1.82, 2.24) is 5.32 Å². The lowest BCUT2D eigenvalue weighted by atomic mass is 9.83. The highest BCUT2D eigenvalue weighted by Gasteiger charge is 2.23. The van der Waals surface area contributed by atoms with Crippen molar-refractivity contribution < 1.29 is 9.90 Å². The number of benzene rings is 2. The van der Waals surface area contributed by atoms with Crippen molar-refractivity contribution >= 4 is 5.91 Å². The maximum absolute atomic E-state index is 12.3. The molecule has 1 aliphatic rings. The lowest BCUT2D eigenvalue weighted by molar-refractivity contribution is -0.125. The largest absolute Gasteiger partial charge is 0.508 e. The number of aryl methyl sites for hydroxylation is 1. The van der Waals surface area contributed by atoms with Gasteiger partial charge in [-0.3, -0.25) is 4.79 Å². The van der Waals surface area contributed by atoms with Gasteiger partial charge in [0.15, 0.2) is 0 Å². The highest BCUT2D eigenvalue weighted by atomic mass is 16.3. The van der Waals surface area contributed by atoms with Crippen LogP contribution in [0.4, 0.5) is 0 Å². The highest BCUT2D eigenvalue weighted by molar-refractivity contribution is 5.79. The van der Waals surface area contributed by atoms with Crippen molar-refractivity contribution in [3.05, 3.63) is 65.2 Å². The Hall–Kier alpha value is -2.29. The summed E-state index contributed by atoms with van der Waals surface area (Å²) in [6.45, 7) is 0.641. The zero-order valence-corrected chi connectivity index (χ0v) is 12.6. The lowest BCUT2D eigenvalue weighted by Crippen LogP contribution is -2.35. The quantitative estimate of drug-likeness (QED) is 0.911. The van der Waals surface area contributed by atoms with Crippen LogP contribution in [-0.2, 0) is 24.1 Å². The first-order chi connectivity index (χ1) is 10.7. The van der Waals surface area contributed by atoms with Crippen LogP contribution in [0.25, 0.3) is 0 Å². The predicted octanol–water partition coefficient (Wildman–Crippen LogP) is 2.86. The number of phenolic OH excluding ortho intramolecular Hbond substituents is 1. The van der Waals surface area contributed by atoms with Gasteiger partial charge in [-0.2, -0.15) is 0 Å². The topological polar surface area (TPSA) is 49.3 Å². The third kappa shape index (κ3) is 3.48. The first kappa shape index (κ1) is 14.6. The molecule has 0 saturated heterocycles. The van der Waals surface area contributed by atoms with Crippen LogP contribution in [0.15, 0.2) is 48.5 Å². The van der Waals surface area contributed by atoms with Crippen LogP contribution in [0.3, 0.4) is 0 Å². The summed E-state index contributed by atoms with van der Waals surface area (Å²) < 4.78 is 0. The molecule has 0 heterocycles. The Kier molecular flexibility index (Phi) is 4.42. The van der Waals surface area contributed by atoms with Crippen molar-refractivity contribution in [2.75, 3.05) is 6.54 Å².